The number of rotatable bonds is 5. The van der Waals surface area contributed by atoms with E-state index in [4.69, 9.17) is 5.73 Å². The van der Waals surface area contributed by atoms with Gasteiger partial charge in [0.15, 0.2) is 0 Å². The normalized spacial score (nSPS) is 19.2. The molecule has 0 radical (unpaired) electrons. The second-order valence-corrected chi connectivity index (χ2v) is 5.67. The van der Waals surface area contributed by atoms with Crippen molar-refractivity contribution in [2.24, 2.45) is 11.7 Å². The topological polar surface area (TPSA) is 87.5 Å². The van der Waals surface area contributed by atoms with E-state index in [9.17, 15) is 9.59 Å². The van der Waals surface area contributed by atoms with E-state index in [-0.39, 0.29) is 24.0 Å². The zero-order valence-electron chi connectivity index (χ0n) is 12.1. The Kier molecular flexibility index (Phi) is 6.08. The Morgan fingerprint density at radius 2 is 1.84 bits per heavy atom. The van der Waals surface area contributed by atoms with Gasteiger partial charge in [-0.2, -0.15) is 0 Å². The van der Waals surface area contributed by atoms with E-state index >= 15 is 0 Å². The molecule has 0 bridgehead atoms. The van der Waals surface area contributed by atoms with Crippen LogP contribution in [0.2, 0.25) is 0 Å². The van der Waals surface area contributed by atoms with Crippen LogP contribution in [-0.4, -0.2) is 48.6 Å². The van der Waals surface area contributed by atoms with Crippen molar-refractivity contribution in [1.29, 1.82) is 0 Å². The molecule has 0 aromatic carbocycles. The van der Waals surface area contributed by atoms with Gasteiger partial charge >= 0.3 is 6.03 Å². The van der Waals surface area contributed by atoms with Crippen LogP contribution < -0.4 is 16.4 Å². The summed E-state index contributed by atoms with van der Waals surface area (Å²) in [7, 11) is 0. The minimum absolute atomic E-state index is 0.102. The molecule has 110 valence electrons. The average Bonchev–Trinajstić information content (AvgIpc) is 2.30. The highest BCUT2D eigenvalue weighted by atomic mass is 16.2. The minimum atomic E-state index is -0.296. The fraction of sp³-hybridized carbons (Fsp3) is 0.846. The summed E-state index contributed by atoms with van der Waals surface area (Å²) in [5.74, 6) is 0.123. The Morgan fingerprint density at radius 3 is 2.32 bits per heavy atom. The molecule has 0 aromatic rings. The minimum Gasteiger partial charge on any atom is -0.369 e. The number of amides is 3. The first kappa shape index (κ1) is 15.8. The molecule has 1 heterocycles. The van der Waals surface area contributed by atoms with Gasteiger partial charge in [0.25, 0.3) is 0 Å². The summed E-state index contributed by atoms with van der Waals surface area (Å²) in [5.41, 5.74) is 5.16. The second-order valence-electron chi connectivity index (χ2n) is 5.67. The number of piperidine rings is 1. The molecule has 1 fully saturated rings. The molecule has 4 N–H and O–H groups in total. The molecule has 0 saturated carbocycles. The Morgan fingerprint density at radius 1 is 1.26 bits per heavy atom. The van der Waals surface area contributed by atoms with Crippen LogP contribution in [0.15, 0.2) is 0 Å². The van der Waals surface area contributed by atoms with Gasteiger partial charge in [-0.25, -0.2) is 4.79 Å². The van der Waals surface area contributed by atoms with Gasteiger partial charge in [0.05, 0.1) is 6.54 Å². The number of urea groups is 1. The molecule has 0 aromatic heterocycles. The van der Waals surface area contributed by atoms with Crippen LogP contribution in [0.25, 0.3) is 0 Å². The van der Waals surface area contributed by atoms with E-state index in [1.807, 2.05) is 11.8 Å². The Balaban J connectivity index is 2.25. The third kappa shape index (κ3) is 5.92. The fourth-order valence-corrected chi connectivity index (χ4v) is 2.06. The van der Waals surface area contributed by atoms with Crippen LogP contribution in [0.5, 0.6) is 0 Å². The zero-order valence-corrected chi connectivity index (χ0v) is 12.1. The molecule has 1 rings (SSSR count). The molecular formula is C13H26N4O2. The highest BCUT2D eigenvalue weighted by Gasteiger charge is 2.22. The lowest BCUT2D eigenvalue weighted by Gasteiger charge is -2.31. The maximum atomic E-state index is 11.8. The first-order chi connectivity index (χ1) is 8.88. The average molecular weight is 270 g/mol. The summed E-state index contributed by atoms with van der Waals surface area (Å²) >= 11 is 0. The van der Waals surface area contributed by atoms with Crippen LogP contribution >= 0.6 is 0 Å². The molecular weight excluding hydrogens is 244 g/mol. The van der Waals surface area contributed by atoms with E-state index in [0.29, 0.717) is 12.5 Å². The Bertz CT molecular complexity index is 312. The van der Waals surface area contributed by atoms with E-state index < -0.39 is 0 Å². The maximum Gasteiger partial charge on any atom is 0.315 e. The number of carbonyl (C=O) groups excluding carboxylic acids is 2. The maximum absolute atomic E-state index is 11.8. The number of nitrogens with one attached hydrogen (secondary N) is 2. The summed E-state index contributed by atoms with van der Waals surface area (Å²) in [4.78, 5) is 24.6. The third-order valence-electron chi connectivity index (χ3n) is 3.66. The smallest absolute Gasteiger partial charge is 0.315 e. The number of primary amides is 1. The number of hydrogen-bond acceptors (Lipinski definition) is 3. The quantitative estimate of drug-likeness (QED) is 0.670. The van der Waals surface area contributed by atoms with Gasteiger partial charge in [-0.05, 0) is 25.7 Å². The van der Waals surface area contributed by atoms with Crippen molar-refractivity contribution in [2.75, 3.05) is 19.6 Å². The van der Waals surface area contributed by atoms with Crippen LogP contribution in [0.3, 0.4) is 0 Å². The molecule has 6 nitrogen and oxygen atoms in total. The molecule has 1 atom stereocenters. The molecule has 19 heavy (non-hydrogen) atoms. The molecule has 1 unspecified atom stereocenters. The van der Waals surface area contributed by atoms with Crippen molar-refractivity contribution in [2.45, 2.75) is 45.7 Å². The molecule has 0 aliphatic carbocycles. The summed E-state index contributed by atoms with van der Waals surface area (Å²) in [6.45, 7) is 8.06. The van der Waals surface area contributed by atoms with Gasteiger partial charge in [-0.1, -0.05) is 13.8 Å². The molecule has 0 spiro atoms. The van der Waals surface area contributed by atoms with Crippen molar-refractivity contribution in [1.82, 2.24) is 15.5 Å². The van der Waals surface area contributed by atoms with Crippen molar-refractivity contribution < 1.29 is 9.59 Å². The Hall–Kier alpha value is -1.30. The lowest BCUT2D eigenvalue weighted by molar-refractivity contribution is -0.119. The number of nitrogens with zero attached hydrogens (tertiary/aromatic N) is 1. The monoisotopic (exact) mass is 270 g/mol. The summed E-state index contributed by atoms with van der Waals surface area (Å²) in [6.07, 6.45) is 1.72. The van der Waals surface area contributed by atoms with E-state index in [1.54, 1.807) is 0 Å². The molecule has 1 saturated heterocycles. The summed E-state index contributed by atoms with van der Waals surface area (Å²) < 4.78 is 0. The van der Waals surface area contributed by atoms with Gasteiger partial charge < -0.3 is 16.4 Å². The van der Waals surface area contributed by atoms with Crippen molar-refractivity contribution in [3.63, 3.8) is 0 Å². The van der Waals surface area contributed by atoms with Gasteiger partial charge in [-0.3, -0.25) is 9.69 Å². The van der Waals surface area contributed by atoms with Crippen molar-refractivity contribution in [3.05, 3.63) is 0 Å². The highest BCUT2D eigenvalue weighted by molar-refractivity contribution is 5.76. The first-order valence-electron chi connectivity index (χ1n) is 6.96. The van der Waals surface area contributed by atoms with Gasteiger partial charge in [-0.15, -0.1) is 0 Å². The molecule has 3 amide bonds. The molecule has 6 heteroatoms. The van der Waals surface area contributed by atoms with Crippen molar-refractivity contribution >= 4 is 11.9 Å². The number of likely N-dealkylation sites (tertiary alicyclic amines) is 1. The van der Waals surface area contributed by atoms with Gasteiger partial charge in [0, 0.05) is 25.2 Å². The van der Waals surface area contributed by atoms with E-state index in [0.717, 1.165) is 25.9 Å². The fourth-order valence-electron chi connectivity index (χ4n) is 2.06. The predicted octanol–water partition coefficient (Wildman–Crippen LogP) is 0.280. The lowest BCUT2D eigenvalue weighted by Crippen LogP contribution is -2.51. The summed E-state index contributed by atoms with van der Waals surface area (Å²) in [6, 6.07) is 0.244. The van der Waals surface area contributed by atoms with E-state index in [1.165, 1.54) is 0 Å². The first-order valence-corrected chi connectivity index (χ1v) is 6.96. The van der Waals surface area contributed by atoms with Crippen LogP contribution in [0, 0.1) is 5.92 Å². The highest BCUT2D eigenvalue weighted by Crippen LogP contribution is 2.09. The second kappa shape index (κ2) is 7.33. The number of hydrogen-bond donors (Lipinski definition) is 3. The van der Waals surface area contributed by atoms with Crippen LogP contribution in [-0.2, 0) is 4.79 Å². The molecule has 1 aliphatic heterocycles. The number of nitrogens with two attached hydrogens (primary N) is 1. The van der Waals surface area contributed by atoms with Gasteiger partial charge in [0.1, 0.15) is 0 Å². The van der Waals surface area contributed by atoms with Crippen molar-refractivity contribution in [3.8, 4) is 0 Å². The SMILES string of the molecule is CC(C)C(C)NC(=O)NC1CCN(CC(N)=O)CC1. The van der Waals surface area contributed by atoms with Crippen LogP contribution in [0.1, 0.15) is 33.6 Å². The third-order valence-corrected chi connectivity index (χ3v) is 3.66. The Labute approximate surface area is 115 Å². The predicted molar refractivity (Wildman–Crippen MR) is 74.6 cm³/mol. The number of carbonyl (C=O) groups is 2. The van der Waals surface area contributed by atoms with E-state index in [2.05, 4.69) is 24.5 Å². The molecule has 1 aliphatic rings. The lowest BCUT2D eigenvalue weighted by atomic mass is 10.0. The van der Waals surface area contributed by atoms with Gasteiger partial charge in [0.2, 0.25) is 5.91 Å². The standard InChI is InChI=1S/C13H26N4O2/c1-9(2)10(3)15-13(19)16-11-4-6-17(7-5-11)8-12(14)18/h9-11H,4-8H2,1-3H3,(H2,14,18)(H2,15,16,19). The zero-order chi connectivity index (χ0) is 14.4. The van der Waals surface area contributed by atoms with Crippen LogP contribution in [0.4, 0.5) is 4.79 Å². The summed E-state index contributed by atoms with van der Waals surface area (Å²) in [5, 5.41) is 5.92. The largest absolute Gasteiger partial charge is 0.369 e.